The Labute approximate surface area is 93.6 Å². The van der Waals surface area contributed by atoms with Gasteiger partial charge in [0.05, 0.1) is 0 Å². The molecule has 0 radical (unpaired) electrons. The summed E-state index contributed by atoms with van der Waals surface area (Å²) in [6.07, 6.45) is 5.52. The van der Waals surface area contributed by atoms with Crippen molar-refractivity contribution in [3.05, 3.63) is 0 Å². The van der Waals surface area contributed by atoms with E-state index < -0.39 is 0 Å². The van der Waals surface area contributed by atoms with E-state index in [4.69, 9.17) is 0 Å². The van der Waals surface area contributed by atoms with Gasteiger partial charge >= 0.3 is 0 Å². The van der Waals surface area contributed by atoms with Crippen LogP contribution in [0.5, 0.6) is 0 Å². The molecule has 88 valence electrons. The van der Waals surface area contributed by atoms with Crippen molar-refractivity contribution in [2.24, 2.45) is 5.92 Å². The fraction of sp³-hybridized carbons (Fsp3) is 1.00. The third-order valence-electron chi connectivity index (χ3n) is 3.88. The number of likely N-dealkylation sites (tertiary alicyclic amines) is 1. The van der Waals surface area contributed by atoms with Gasteiger partial charge in [-0.2, -0.15) is 0 Å². The van der Waals surface area contributed by atoms with E-state index in [0.29, 0.717) is 0 Å². The number of hydrogen-bond donors (Lipinski definition) is 2. The van der Waals surface area contributed by atoms with Gasteiger partial charge in [0.25, 0.3) is 0 Å². The number of likely N-dealkylation sites (N-methyl/N-ethyl adjacent to an activating group) is 1. The Balaban J connectivity index is 1.57. The molecule has 0 aromatic rings. The first-order valence-electron chi connectivity index (χ1n) is 6.48. The molecule has 3 heteroatoms. The summed E-state index contributed by atoms with van der Waals surface area (Å²) < 4.78 is 0. The number of hydrogen-bond acceptors (Lipinski definition) is 3. The summed E-state index contributed by atoms with van der Waals surface area (Å²) >= 11 is 0. The maximum Gasteiger partial charge on any atom is 0.0218 e. The SMILES string of the molecule is CN1CCCC1CNCC1CCCNC1. The molecule has 2 unspecified atom stereocenters. The zero-order valence-electron chi connectivity index (χ0n) is 9.97. The highest BCUT2D eigenvalue weighted by Gasteiger charge is 2.20. The molecular formula is C12H25N3. The number of nitrogens with one attached hydrogen (secondary N) is 2. The Hall–Kier alpha value is -0.120. The first-order chi connectivity index (χ1) is 7.36. The van der Waals surface area contributed by atoms with E-state index in [2.05, 4.69) is 22.6 Å². The molecule has 2 aliphatic heterocycles. The molecule has 2 aliphatic rings. The Kier molecular flexibility index (Phi) is 4.42. The smallest absolute Gasteiger partial charge is 0.0218 e. The Morgan fingerprint density at radius 2 is 2.20 bits per heavy atom. The second kappa shape index (κ2) is 5.83. The highest BCUT2D eigenvalue weighted by molar-refractivity contribution is 4.79. The minimum absolute atomic E-state index is 0.793. The van der Waals surface area contributed by atoms with Crippen LogP contribution in [0.3, 0.4) is 0 Å². The summed E-state index contributed by atoms with van der Waals surface area (Å²) in [7, 11) is 2.25. The van der Waals surface area contributed by atoms with Crippen molar-refractivity contribution in [3.63, 3.8) is 0 Å². The molecule has 2 N–H and O–H groups in total. The largest absolute Gasteiger partial charge is 0.316 e. The minimum Gasteiger partial charge on any atom is -0.316 e. The van der Waals surface area contributed by atoms with E-state index in [9.17, 15) is 0 Å². The molecule has 0 amide bonds. The maximum absolute atomic E-state index is 3.65. The first kappa shape index (κ1) is 11.4. The highest BCUT2D eigenvalue weighted by atomic mass is 15.2. The van der Waals surface area contributed by atoms with Gasteiger partial charge in [0, 0.05) is 12.6 Å². The van der Waals surface area contributed by atoms with Gasteiger partial charge in [-0.25, -0.2) is 0 Å². The fourth-order valence-electron chi connectivity index (χ4n) is 2.79. The Morgan fingerprint density at radius 1 is 1.27 bits per heavy atom. The van der Waals surface area contributed by atoms with Crippen LogP contribution in [0.15, 0.2) is 0 Å². The molecule has 2 heterocycles. The van der Waals surface area contributed by atoms with Crippen molar-refractivity contribution in [2.75, 3.05) is 39.8 Å². The van der Waals surface area contributed by atoms with Crippen molar-refractivity contribution in [1.29, 1.82) is 0 Å². The van der Waals surface area contributed by atoms with Gasteiger partial charge in [0.15, 0.2) is 0 Å². The van der Waals surface area contributed by atoms with E-state index in [1.807, 2.05) is 0 Å². The van der Waals surface area contributed by atoms with Gasteiger partial charge in [-0.05, 0) is 64.8 Å². The zero-order chi connectivity index (χ0) is 10.5. The summed E-state index contributed by atoms with van der Waals surface area (Å²) in [5.41, 5.74) is 0. The van der Waals surface area contributed by atoms with Crippen molar-refractivity contribution in [1.82, 2.24) is 15.5 Å². The van der Waals surface area contributed by atoms with Crippen LogP contribution in [-0.2, 0) is 0 Å². The van der Waals surface area contributed by atoms with Crippen LogP contribution in [0.4, 0.5) is 0 Å². The van der Waals surface area contributed by atoms with Gasteiger partial charge in [-0.3, -0.25) is 0 Å². The van der Waals surface area contributed by atoms with Crippen molar-refractivity contribution < 1.29 is 0 Å². The molecule has 0 bridgehead atoms. The van der Waals surface area contributed by atoms with Crippen molar-refractivity contribution in [2.45, 2.75) is 31.7 Å². The number of piperidine rings is 1. The average molecular weight is 211 g/mol. The molecule has 0 aliphatic carbocycles. The molecule has 2 atom stereocenters. The summed E-state index contributed by atoms with van der Waals surface area (Å²) in [5.74, 6) is 0.866. The molecule has 2 rings (SSSR count). The molecular weight excluding hydrogens is 186 g/mol. The second-order valence-corrected chi connectivity index (χ2v) is 5.15. The van der Waals surface area contributed by atoms with Gasteiger partial charge < -0.3 is 15.5 Å². The van der Waals surface area contributed by atoms with Crippen molar-refractivity contribution in [3.8, 4) is 0 Å². The number of nitrogens with zero attached hydrogens (tertiary/aromatic N) is 1. The predicted molar refractivity (Wildman–Crippen MR) is 64.1 cm³/mol. The quantitative estimate of drug-likeness (QED) is 0.716. The van der Waals surface area contributed by atoms with E-state index in [1.54, 1.807) is 0 Å². The van der Waals surface area contributed by atoms with Gasteiger partial charge in [-0.1, -0.05) is 0 Å². The second-order valence-electron chi connectivity index (χ2n) is 5.15. The highest BCUT2D eigenvalue weighted by Crippen LogP contribution is 2.14. The molecule has 0 aromatic heterocycles. The Morgan fingerprint density at radius 3 is 2.87 bits per heavy atom. The molecule has 0 spiro atoms. The normalized spacial score (nSPS) is 33.4. The van der Waals surface area contributed by atoms with Crippen LogP contribution >= 0.6 is 0 Å². The summed E-state index contributed by atoms with van der Waals surface area (Å²) in [6, 6.07) is 0.793. The summed E-state index contributed by atoms with van der Waals surface area (Å²) in [4.78, 5) is 2.49. The molecule has 3 nitrogen and oxygen atoms in total. The fourth-order valence-corrected chi connectivity index (χ4v) is 2.79. The predicted octanol–water partition coefficient (Wildman–Crippen LogP) is 0.670. The van der Waals surface area contributed by atoms with Gasteiger partial charge in [0.1, 0.15) is 0 Å². The van der Waals surface area contributed by atoms with Gasteiger partial charge in [0.2, 0.25) is 0 Å². The molecule has 0 saturated carbocycles. The topological polar surface area (TPSA) is 27.3 Å². The van der Waals surface area contributed by atoms with E-state index >= 15 is 0 Å². The Bertz CT molecular complexity index is 178. The van der Waals surface area contributed by atoms with Crippen LogP contribution in [0.25, 0.3) is 0 Å². The third kappa shape index (κ3) is 3.44. The average Bonchev–Trinajstić information content (AvgIpc) is 2.66. The molecule has 2 fully saturated rings. The lowest BCUT2D eigenvalue weighted by molar-refractivity contribution is 0.287. The molecule has 2 saturated heterocycles. The van der Waals surface area contributed by atoms with E-state index in [-0.39, 0.29) is 0 Å². The lowest BCUT2D eigenvalue weighted by Crippen LogP contribution is -2.40. The lowest BCUT2D eigenvalue weighted by Gasteiger charge is -2.25. The first-order valence-corrected chi connectivity index (χ1v) is 6.48. The van der Waals surface area contributed by atoms with Crippen LogP contribution < -0.4 is 10.6 Å². The van der Waals surface area contributed by atoms with E-state index in [1.165, 1.54) is 58.4 Å². The van der Waals surface area contributed by atoms with Crippen LogP contribution in [0.1, 0.15) is 25.7 Å². The minimum atomic E-state index is 0.793. The maximum atomic E-state index is 3.65. The zero-order valence-corrected chi connectivity index (χ0v) is 9.97. The standard InChI is InChI=1S/C12H25N3/c1-15-7-3-5-12(15)10-14-9-11-4-2-6-13-8-11/h11-14H,2-10H2,1H3. The van der Waals surface area contributed by atoms with E-state index in [0.717, 1.165) is 12.0 Å². The molecule has 0 aromatic carbocycles. The lowest BCUT2D eigenvalue weighted by atomic mass is 10.00. The summed E-state index contributed by atoms with van der Waals surface area (Å²) in [6.45, 7) is 6.12. The monoisotopic (exact) mass is 211 g/mol. The van der Waals surface area contributed by atoms with Crippen LogP contribution in [0, 0.1) is 5.92 Å². The molecule has 15 heavy (non-hydrogen) atoms. The number of rotatable bonds is 4. The van der Waals surface area contributed by atoms with Crippen molar-refractivity contribution >= 4 is 0 Å². The third-order valence-corrected chi connectivity index (χ3v) is 3.88. The van der Waals surface area contributed by atoms with Crippen LogP contribution in [0.2, 0.25) is 0 Å². The van der Waals surface area contributed by atoms with Gasteiger partial charge in [-0.15, -0.1) is 0 Å². The summed E-state index contributed by atoms with van der Waals surface area (Å²) in [5, 5.41) is 7.12. The van der Waals surface area contributed by atoms with Crippen LogP contribution in [-0.4, -0.2) is 50.7 Å².